The molecule has 1 aliphatic carbocycles. The summed E-state index contributed by atoms with van der Waals surface area (Å²) in [5.41, 5.74) is 0. The first kappa shape index (κ1) is 9.71. The molecule has 1 saturated carbocycles. The summed E-state index contributed by atoms with van der Waals surface area (Å²) >= 11 is 0. The molecule has 0 unspecified atom stereocenters. The van der Waals surface area contributed by atoms with Gasteiger partial charge in [0, 0.05) is 19.3 Å². The first-order chi connectivity index (χ1) is 6.81. The minimum absolute atomic E-state index is 0.0374. The molecule has 0 radical (unpaired) electrons. The molecule has 0 aromatic carbocycles. The molecule has 2 aliphatic rings. The maximum atomic E-state index is 11.0. The van der Waals surface area contributed by atoms with E-state index in [0.717, 1.165) is 38.4 Å². The topological polar surface area (TPSA) is 38.3 Å². The molecular formula is C11H17NO2. The van der Waals surface area contributed by atoms with E-state index in [-0.39, 0.29) is 5.91 Å². The number of rotatable bonds is 3. The van der Waals surface area contributed by atoms with Crippen molar-refractivity contribution in [2.45, 2.75) is 25.3 Å². The first-order valence-electron chi connectivity index (χ1n) is 5.32. The summed E-state index contributed by atoms with van der Waals surface area (Å²) in [6.45, 7) is 5.23. The third-order valence-corrected chi connectivity index (χ3v) is 3.22. The molecular weight excluding hydrogens is 178 g/mol. The number of ether oxygens (including phenoxy) is 1. The van der Waals surface area contributed by atoms with Crippen LogP contribution >= 0.6 is 0 Å². The van der Waals surface area contributed by atoms with Gasteiger partial charge in [0.05, 0.1) is 0 Å². The average molecular weight is 195 g/mol. The van der Waals surface area contributed by atoms with Gasteiger partial charge in [-0.3, -0.25) is 4.79 Å². The number of carbonyl (C=O) groups is 1. The molecule has 1 saturated heterocycles. The molecule has 0 aromatic rings. The number of nitrogens with one attached hydrogen (secondary N) is 1. The van der Waals surface area contributed by atoms with Crippen LogP contribution in [0, 0.1) is 11.8 Å². The van der Waals surface area contributed by atoms with E-state index in [2.05, 4.69) is 11.9 Å². The Morgan fingerprint density at radius 1 is 1.43 bits per heavy atom. The highest BCUT2D eigenvalue weighted by molar-refractivity contribution is 5.87. The molecule has 78 valence electrons. The second-order valence-corrected chi connectivity index (χ2v) is 4.17. The predicted octanol–water partition coefficient (Wildman–Crippen LogP) is 1.10. The first-order valence-corrected chi connectivity index (χ1v) is 5.32. The Morgan fingerprint density at radius 3 is 2.79 bits per heavy atom. The van der Waals surface area contributed by atoms with Gasteiger partial charge in [0.2, 0.25) is 5.91 Å². The fraction of sp³-hybridized carbons (Fsp3) is 0.727. The lowest BCUT2D eigenvalue weighted by Crippen LogP contribution is -2.27. The highest BCUT2D eigenvalue weighted by Crippen LogP contribution is 2.41. The van der Waals surface area contributed by atoms with Gasteiger partial charge in [-0.1, -0.05) is 6.58 Å². The SMILES string of the molecule is C=CC(=O)N[C@@H]1C[C@H]1C1CCOCC1. The smallest absolute Gasteiger partial charge is 0.243 e. The van der Waals surface area contributed by atoms with Crippen LogP contribution in [0.3, 0.4) is 0 Å². The van der Waals surface area contributed by atoms with Crippen molar-refractivity contribution < 1.29 is 9.53 Å². The molecule has 1 amide bonds. The molecule has 3 nitrogen and oxygen atoms in total. The largest absolute Gasteiger partial charge is 0.381 e. The highest BCUT2D eigenvalue weighted by atomic mass is 16.5. The molecule has 3 heteroatoms. The number of carbonyl (C=O) groups excluding carboxylic acids is 1. The van der Waals surface area contributed by atoms with Crippen LogP contribution in [0.2, 0.25) is 0 Å². The molecule has 0 aromatic heterocycles. The molecule has 14 heavy (non-hydrogen) atoms. The third kappa shape index (κ3) is 2.15. The second kappa shape index (κ2) is 4.13. The van der Waals surface area contributed by atoms with Crippen molar-refractivity contribution in [1.82, 2.24) is 5.32 Å². The maximum absolute atomic E-state index is 11.0. The lowest BCUT2D eigenvalue weighted by molar-refractivity contribution is -0.116. The van der Waals surface area contributed by atoms with Crippen molar-refractivity contribution in [2.24, 2.45) is 11.8 Å². The Hall–Kier alpha value is -0.830. The summed E-state index contributed by atoms with van der Waals surface area (Å²) in [5, 5.41) is 2.95. The van der Waals surface area contributed by atoms with Crippen LogP contribution in [0.15, 0.2) is 12.7 Å². The Bertz CT molecular complexity index is 233. The Kier molecular flexibility index (Phi) is 2.87. The summed E-state index contributed by atoms with van der Waals surface area (Å²) in [6.07, 6.45) is 4.81. The highest BCUT2D eigenvalue weighted by Gasteiger charge is 2.43. The molecule has 1 aliphatic heterocycles. The summed E-state index contributed by atoms with van der Waals surface area (Å²) in [7, 11) is 0. The Morgan fingerprint density at radius 2 is 2.14 bits per heavy atom. The molecule has 0 spiro atoms. The minimum Gasteiger partial charge on any atom is -0.381 e. The van der Waals surface area contributed by atoms with Gasteiger partial charge in [0.1, 0.15) is 0 Å². The van der Waals surface area contributed by atoms with E-state index in [1.165, 1.54) is 6.08 Å². The Balaban J connectivity index is 1.74. The van der Waals surface area contributed by atoms with Crippen molar-refractivity contribution >= 4 is 5.91 Å². The maximum Gasteiger partial charge on any atom is 0.243 e. The molecule has 2 rings (SSSR count). The van der Waals surface area contributed by atoms with Gasteiger partial charge in [-0.2, -0.15) is 0 Å². The van der Waals surface area contributed by atoms with Gasteiger partial charge >= 0.3 is 0 Å². The van der Waals surface area contributed by atoms with E-state index in [0.29, 0.717) is 12.0 Å². The van der Waals surface area contributed by atoms with E-state index in [9.17, 15) is 4.79 Å². The van der Waals surface area contributed by atoms with Crippen molar-refractivity contribution in [3.63, 3.8) is 0 Å². The Labute approximate surface area is 84.5 Å². The van der Waals surface area contributed by atoms with Gasteiger partial charge < -0.3 is 10.1 Å². The molecule has 2 atom stereocenters. The minimum atomic E-state index is -0.0374. The normalized spacial score (nSPS) is 32.3. The van der Waals surface area contributed by atoms with Crippen molar-refractivity contribution in [1.29, 1.82) is 0 Å². The zero-order chi connectivity index (χ0) is 9.97. The quantitative estimate of drug-likeness (QED) is 0.685. The zero-order valence-corrected chi connectivity index (χ0v) is 8.37. The van der Waals surface area contributed by atoms with E-state index in [1.54, 1.807) is 0 Å². The standard InChI is InChI=1S/C11H17NO2/c1-2-11(13)12-10-7-9(10)8-3-5-14-6-4-8/h2,8-10H,1,3-7H2,(H,12,13)/t9-,10+/m0/s1. The fourth-order valence-electron chi connectivity index (χ4n) is 2.29. The van der Waals surface area contributed by atoms with E-state index in [4.69, 9.17) is 4.74 Å². The number of amides is 1. The van der Waals surface area contributed by atoms with Crippen molar-refractivity contribution in [3.05, 3.63) is 12.7 Å². The molecule has 2 fully saturated rings. The van der Waals surface area contributed by atoms with Crippen LogP contribution in [0.25, 0.3) is 0 Å². The zero-order valence-electron chi connectivity index (χ0n) is 8.37. The monoisotopic (exact) mass is 195 g/mol. The summed E-state index contributed by atoms with van der Waals surface area (Å²) in [4.78, 5) is 11.0. The number of hydrogen-bond donors (Lipinski definition) is 1. The lowest BCUT2D eigenvalue weighted by atomic mass is 9.94. The van der Waals surface area contributed by atoms with Crippen molar-refractivity contribution in [3.8, 4) is 0 Å². The van der Waals surface area contributed by atoms with Crippen LogP contribution in [-0.4, -0.2) is 25.2 Å². The lowest BCUT2D eigenvalue weighted by Gasteiger charge is -2.22. The average Bonchev–Trinajstić information content (AvgIpc) is 2.98. The molecule has 1 N–H and O–H groups in total. The second-order valence-electron chi connectivity index (χ2n) is 4.17. The van der Waals surface area contributed by atoms with Gasteiger partial charge in [0.15, 0.2) is 0 Å². The van der Waals surface area contributed by atoms with Crippen molar-refractivity contribution in [2.75, 3.05) is 13.2 Å². The van der Waals surface area contributed by atoms with Gasteiger partial charge in [-0.25, -0.2) is 0 Å². The van der Waals surface area contributed by atoms with Crippen LogP contribution < -0.4 is 5.32 Å². The van der Waals surface area contributed by atoms with Gasteiger partial charge in [-0.15, -0.1) is 0 Å². The van der Waals surface area contributed by atoms with Crippen LogP contribution in [0.4, 0.5) is 0 Å². The molecule has 1 heterocycles. The summed E-state index contributed by atoms with van der Waals surface area (Å²) < 4.78 is 5.31. The van der Waals surface area contributed by atoms with E-state index in [1.807, 2.05) is 0 Å². The summed E-state index contributed by atoms with van der Waals surface area (Å²) in [6, 6.07) is 0.406. The fourth-order valence-corrected chi connectivity index (χ4v) is 2.29. The third-order valence-electron chi connectivity index (χ3n) is 3.22. The van der Waals surface area contributed by atoms with Crippen LogP contribution in [0.5, 0.6) is 0 Å². The van der Waals surface area contributed by atoms with E-state index < -0.39 is 0 Å². The van der Waals surface area contributed by atoms with Crippen LogP contribution in [-0.2, 0) is 9.53 Å². The number of hydrogen-bond acceptors (Lipinski definition) is 2. The van der Waals surface area contributed by atoms with Gasteiger partial charge in [-0.05, 0) is 37.2 Å². The van der Waals surface area contributed by atoms with E-state index >= 15 is 0 Å². The van der Waals surface area contributed by atoms with Gasteiger partial charge in [0.25, 0.3) is 0 Å². The summed E-state index contributed by atoms with van der Waals surface area (Å²) in [5.74, 6) is 1.42. The van der Waals surface area contributed by atoms with Crippen LogP contribution in [0.1, 0.15) is 19.3 Å². The predicted molar refractivity (Wildman–Crippen MR) is 53.8 cm³/mol. The molecule has 0 bridgehead atoms.